The summed E-state index contributed by atoms with van der Waals surface area (Å²) in [6.07, 6.45) is 7.47. The fraction of sp³-hybridized carbons (Fsp3) is 0.476. The summed E-state index contributed by atoms with van der Waals surface area (Å²) in [6, 6.07) is 10.5. The summed E-state index contributed by atoms with van der Waals surface area (Å²) in [7, 11) is 1.53. The van der Waals surface area contributed by atoms with Crippen LogP contribution in [0.1, 0.15) is 59.4 Å². The maximum Gasteiger partial charge on any atom is 0.300 e. The Balaban J connectivity index is 0.803. The van der Waals surface area contributed by atoms with E-state index in [4.69, 9.17) is 19.1 Å². The molecule has 0 saturated carbocycles. The summed E-state index contributed by atoms with van der Waals surface area (Å²) in [5.74, 6) is 0.202. The molecule has 0 aliphatic carbocycles. The number of aromatic nitrogens is 5. The Hall–Kier alpha value is -6.34. The number of amides is 4. The topological polar surface area (TPSA) is 216 Å². The monoisotopic (exact) mass is 834 g/mol. The Morgan fingerprint density at radius 1 is 0.885 bits per heavy atom. The highest BCUT2D eigenvalue weighted by molar-refractivity contribution is 6.06. The van der Waals surface area contributed by atoms with E-state index in [9.17, 15) is 24.3 Å². The van der Waals surface area contributed by atoms with Crippen LogP contribution in [0.5, 0.6) is 5.75 Å². The molecule has 5 aromatic rings. The van der Waals surface area contributed by atoms with Crippen molar-refractivity contribution in [1.82, 2.24) is 40.1 Å². The van der Waals surface area contributed by atoms with Crippen molar-refractivity contribution in [3.63, 3.8) is 0 Å². The number of oxazole rings is 1. The zero-order valence-corrected chi connectivity index (χ0v) is 34.1. The minimum absolute atomic E-state index is 0.152. The SMILES string of the molecule is COc1cc(N2CCC(CN3CCN(c4nc5nc(N6CCC(CO)CC6)c(NC(=O)c6ccc7nccn7n6)cc5o4)CC3)CC2)ccc1C(=O)NC1CCC(=O)NC1=O. The van der Waals surface area contributed by atoms with Gasteiger partial charge in [-0.15, -0.1) is 0 Å². The summed E-state index contributed by atoms with van der Waals surface area (Å²) in [5, 5.41) is 22.2. The number of carbonyl (C=O) groups is 4. The fourth-order valence-corrected chi connectivity index (χ4v) is 8.75. The molecule has 1 aromatic carbocycles. The number of pyridine rings is 1. The number of ether oxygens (including phenoxy) is 1. The molecule has 1 unspecified atom stereocenters. The predicted molar refractivity (Wildman–Crippen MR) is 225 cm³/mol. The van der Waals surface area contributed by atoms with Crippen LogP contribution in [0, 0.1) is 11.8 Å². The number of piperidine rings is 3. The first-order valence-corrected chi connectivity index (χ1v) is 21.0. The van der Waals surface area contributed by atoms with Crippen LogP contribution in [0.3, 0.4) is 0 Å². The first kappa shape index (κ1) is 40.1. The molecule has 4 N–H and O–H groups in total. The molecular weight excluding hydrogens is 785 g/mol. The van der Waals surface area contributed by atoms with E-state index in [1.165, 1.54) is 7.11 Å². The van der Waals surface area contributed by atoms with Gasteiger partial charge < -0.3 is 39.6 Å². The number of anilines is 4. The molecule has 4 saturated heterocycles. The number of hydrogen-bond acceptors (Lipinski definition) is 15. The van der Waals surface area contributed by atoms with Crippen molar-refractivity contribution in [1.29, 1.82) is 0 Å². The Morgan fingerprint density at radius 3 is 2.41 bits per heavy atom. The summed E-state index contributed by atoms with van der Waals surface area (Å²) in [6.45, 7) is 7.53. The van der Waals surface area contributed by atoms with Crippen LogP contribution in [0.2, 0.25) is 0 Å². The normalized spacial score (nSPS) is 19.7. The number of piperazine rings is 1. The minimum Gasteiger partial charge on any atom is -0.496 e. The fourth-order valence-electron chi connectivity index (χ4n) is 8.75. The average molecular weight is 835 g/mol. The van der Waals surface area contributed by atoms with Crippen LogP contribution in [-0.4, -0.2) is 137 Å². The molecule has 4 fully saturated rings. The van der Waals surface area contributed by atoms with Gasteiger partial charge in [0.15, 0.2) is 17.0 Å². The van der Waals surface area contributed by atoms with Crippen molar-refractivity contribution < 1.29 is 33.4 Å². The van der Waals surface area contributed by atoms with Crippen molar-refractivity contribution in [3.8, 4) is 5.75 Å². The standard InChI is InChI=1S/C42H50N12O7/c1-60-33-22-28(2-3-29(33)39(57)44-30-5-7-36(56)46-40(30)58)51-13-8-26(9-14-51)24-50-18-20-53(21-19-50)42-48-37-34(61-42)23-32(38(47-37)52-15-10-27(25-55)11-16-52)45-41(59)31-4-6-35-43-12-17-54(35)49-31/h2-4,6,12,17,22-23,26-27,30,55H,5,7-11,13-16,18-21,24-25H2,1H3,(H,44,57)(H,45,59)(H,46,56,58). The maximum absolute atomic E-state index is 13.5. The van der Waals surface area contributed by atoms with E-state index < -0.39 is 17.9 Å². The molecule has 4 amide bonds. The van der Waals surface area contributed by atoms with E-state index in [2.05, 4.69) is 45.6 Å². The number of aliphatic hydroxyl groups excluding tert-OH is 1. The molecule has 61 heavy (non-hydrogen) atoms. The number of fused-ring (bicyclic) bond motifs is 2. The number of imidazole rings is 1. The maximum atomic E-state index is 13.5. The third kappa shape index (κ3) is 8.65. The van der Waals surface area contributed by atoms with Gasteiger partial charge in [-0.05, 0) is 68.2 Å². The van der Waals surface area contributed by atoms with Gasteiger partial charge in [0.2, 0.25) is 17.5 Å². The number of rotatable bonds is 11. The van der Waals surface area contributed by atoms with E-state index in [0.717, 1.165) is 77.2 Å². The molecule has 8 heterocycles. The van der Waals surface area contributed by atoms with Crippen LogP contribution >= 0.6 is 0 Å². The van der Waals surface area contributed by atoms with Gasteiger partial charge >= 0.3 is 0 Å². The predicted octanol–water partition coefficient (Wildman–Crippen LogP) is 2.31. The van der Waals surface area contributed by atoms with Crippen molar-refractivity contribution >= 4 is 63.7 Å². The largest absolute Gasteiger partial charge is 0.496 e. The Morgan fingerprint density at radius 2 is 1.66 bits per heavy atom. The number of imide groups is 1. The number of nitrogens with one attached hydrogen (secondary N) is 3. The molecule has 4 aliphatic rings. The van der Waals surface area contributed by atoms with Gasteiger partial charge in [-0.1, -0.05) is 0 Å². The summed E-state index contributed by atoms with van der Waals surface area (Å²) in [5.41, 5.74) is 3.66. The highest BCUT2D eigenvalue weighted by Gasteiger charge is 2.31. The molecule has 320 valence electrons. The minimum atomic E-state index is -0.762. The van der Waals surface area contributed by atoms with Crippen molar-refractivity contribution in [3.05, 3.63) is 60.0 Å². The van der Waals surface area contributed by atoms with Crippen LogP contribution in [0.4, 0.5) is 23.2 Å². The number of hydrogen-bond donors (Lipinski definition) is 4. The lowest BCUT2D eigenvalue weighted by atomic mass is 9.95. The number of benzene rings is 1. The molecule has 4 aromatic heterocycles. The second-order valence-electron chi connectivity index (χ2n) is 16.3. The molecular formula is C42H50N12O7. The van der Waals surface area contributed by atoms with Gasteiger partial charge in [0, 0.05) is 102 Å². The third-order valence-electron chi connectivity index (χ3n) is 12.4. The molecule has 19 nitrogen and oxygen atoms in total. The van der Waals surface area contributed by atoms with Gasteiger partial charge in [0.05, 0.1) is 18.4 Å². The molecule has 4 aliphatic heterocycles. The van der Waals surface area contributed by atoms with Gasteiger partial charge in [0.25, 0.3) is 17.8 Å². The smallest absolute Gasteiger partial charge is 0.300 e. The van der Waals surface area contributed by atoms with Crippen LogP contribution in [0.25, 0.3) is 16.9 Å². The van der Waals surface area contributed by atoms with Crippen molar-refractivity contribution in [2.45, 2.75) is 44.6 Å². The van der Waals surface area contributed by atoms with Gasteiger partial charge in [-0.25, -0.2) is 14.5 Å². The first-order valence-electron chi connectivity index (χ1n) is 21.0. The number of methoxy groups -OCH3 is 1. The molecule has 0 radical (unpaired) electrons. The van der Waals surface area contributed by atoms with Crippen LogP contribution in [-0.2, 0) is 9.59 Å². The highest BCUT2D eigenvalue weighted by atomic mass is 16.5. The van der Waals surface area contributed by atoms with E-state index in [0.29, 0.717) is 64.7 Å². The molecule has 19 heteroatoms. The lowest BCUT2D eigenvalue weighted by Crippen LogP contribution is -2.52. The summed E-state index contributed by atoms with van der Waals surface area (Å²) >= 11 is 0. The van der Waals surface area contributed by atoms with Crippen LogP contribution < -0.4 is 35.4 Å². The zero-order valence-electron chi connectivity index (χ0n) is 34.1. The first-order chi connectivity index (χ1) is 29.7. The van der Waals surface area contributed by atoms with Gasteiger partial charge in [-0.3, -0.25) is 29.4 Å². The zero-order chi connectivity index (χ0) is 42.0. The van der Waals surface area contributed by atoms with Gasteiger partial charge in [0.1, 0.15) is 17.5 Å². The van der Waals surface area contributed by atoms with Crippen LogP contribution in [0.15, 0.2) is 53.2 Å². The Labute approximate surface area is 351 Å². The second-order valence-corrected chi connectivity index (χ2v) is 16.3. The number of nitrogens with zero attached hydrogens (tertiary/aromatic N) is 9. The summed E-state index contributed by atoms with van der Waals surface area (Å²) < 4.78 is 13.5. The molecule has 0 bridgehead atoms. The molecule has 1 atom stereocenters. The Kier molecular flexibility index (Phi) is 11.4. The number of aliphatic hydroxyl groups is 1. The highest BCUT2D eigenvalue weighted by Crippen LogP contribution is 2.34. The van der Waals surface area contributed by atoms with E-state index in [-0.39, 0.29) is 42.9 Å². The van der Waals surface area contributed by atoms with E-state index in [1.54, 1.807) is 41.2 Å². The van der Waals surface area contributed by atoms with E-state index >= 15 is 0 Å². The van der Waals surface area contributed by atoms with E-state index in [1.807, 2.05) is 12.1 Å². The molecule has 9 rings (SSSR count). The quantitative estimate of drug-likeness (QED) is 0.141. The lowest BCUT2D eigenvalue weighted by molar-refractivity contribution is -0.134. The summed E-state index contributed by atoms with van der Waals surface area (Å²) in [4.78, 5) is 73.3. The van der Waals surface area contributed by atoms with Crippen molar-refractivity contribution in [2.24, 2.45) is 11.8 Å². The average Bonchev–Trinajstić information content (AvgIpc) is 3.94. The van der Waals surface area contributed by atoms with Crippen molar-refractivity contribution in [2.75, 3.05) is 92.6 Å². The number of carbonyl (C=O) groups excluding carboxylic acids is 4. The van der Waals surface area contributed by atoms with Gasteiger partial charge in [-0.2, -0.15) is 10.1 Å². The Bertz CT molecular complexity index is 2430. The second kappa shape index (κ2) is 17.3. The molecule has 0 spiro atoms. The third-order valence-corrected chi connectivity index (χ3v) is 12.4. The lowest BCUT2D eigenvalue weighted by Gasteiger charge is -2.39.